The number of nitrogens with one attached hydrogen (secondary N) is 2. The van der Waals surface area contributed by atoms with Gasteiger partial charge in [0.25, 0.3) is 0 Å². The van der Waals surface area contributed by atoms with Gasteiger partial charge in [-0.25, -0.2) is 9.59 Å². The number of rotatable bonds is 12. The third kappa shape index (κ3) is 11.0. The Balaban J connectivity index is 1.73. The molecule has 4 atom stereocenters. The molecule has 0 aromatic heterocycles. The number of ether oxygens (including phenoxy) is 2. The molecule has 2 amide bonds. The van der Waals surface area contributed by atoms with E-state index in [0.29, 0.717) is 0 Å². The average Bonchev–Trinajstić information content (AvgIpc) is 2.96. The number of amides is 2. The molecule has 0 aliphatic carbocycles. The highest BCUT2D eigenvalue weighted by Crippen LogP contribution is 2.47. The van der Waals surface area contributed by atoms with E-state index in [1.54, 1.807) is 32.9 Å². The van der Waals surface area contributed by atoms with E-state index in [0.717, 1.165) is 22.3 Å². The molecular formula is C33H41N2O7P. The quantitative estimate of drug-likeness (QED) is 0.172. The van der Waals surface area contributed by atoms with Crippen molar-refractivity contribution in [3.8, 4) is 11.1 Å². The van der Waals surface area contributed by atoms with Crippen molar-refractivity contribution in [1.29, 1.82) is 0 Å². The predicted molar refractivity (Wildman–Crippen MR) is 166 cm³/mol. The maximum atomic E-state index is 13.5. The van der Waals surface area contributed by atoms with Crippen LogP contribution < -0.4 is 10.6 Å². The molecule has 10 heteroatoms. The van der Waals surface area contributed by atoms with Crippen LogP contribution in [0.15, 0.2) is 84.9 Å². The summed E-state index contributed by atoms with van der Waals surface area (Å²) < 4.78 is 24.1. The van der Waals surface area contributed by atoms with Crippen LogP contribution in [-0.2, 0) is 36.7 Å². The number of benzene rings is 3. The minimum Gasteiger partial charge on any atom is -0.458 e. The SMILES string of the molecule is C[C@H](NC(=O)[C@H](Cc1ccc(-c2ccccc2)cc1)CP(=O)(O)[C@H](C)NC(=O)OCc1ccccc1)C(=O)OC(C)(C)C. The summed E-state index contributed by atoms with van der Waals surface area (Å²) in [5.41, 5.74) is 2.82. The van der Waals surface area contributed by atoms with Gasteiger partial charge >= 0.3 is 12.1 Å². The summed E-state index contributed by atoms with van der Waals surface area (Å²) in [7, 11) is -4.13. The van der Waals surface area contributed by atoms with Crippen LogP contribution in [-0.4, -0.2) is 46.5 Å². The highest BCUT2D eigenvalue weighted by Gasteiger charge is 2.36. The topological polar surface area (TPSA) is 131 Å². The van der Waals surface area contributed by atoms with Gasteiger partial charge in [0, 0.05) is 6.16 Å². The van der Waals surface area contributed by atoms with Crippen molar-refractivity contribution < 1.29 is 33.3 Å². The Labute approximate surface area is 253 Å². The highest BCUT2D eigenvalue weighted by atomic mass is 31.2. The molecule has 0 aliphatic rings. The van der Waals surface area contributed by atoms with Gasteiger partial charge in [-0.1, -0.05) is 84.9 Å². The van der Waals surface area contributed by atoms with E-state index in [1.807, 2.05) is 72.8 Å². The normalized spacial score (nSPS) is 14.8. The molecule has 43 heavy (non-hydrogen) atoms. The van der Waals surface area contributed by atoms with Gasteiger partial charge in [0.1, 0.15) is 24.0 Å². The second kappa shape index (κ2) is 15.0. The number of hydrogen-bond acceptors (Lipinski definition) is 6. The number of carbonyl (C=O) groups excluding carboxylic acids is 3. The fourth-order valence-electron chi connectivity index (χ4n) is 4.28. The van der Waals surface area contributed by atoms with Crippen LogP contribution in [0, 0.1) is 5.92 Å². The van der Waals surface area contributed by atoms with Crippen molar-refractivity contribution in [2.45, 2.75) is 65.1 Å². The number of carbonyl (C=O) groups is 3. The monoisotopic (exact) mass is 608 g/mol. The summed E-state index contributed by atoms with van der Waals surface area (Å²) >= 11 is 0. The molecule has 0 radical (unpaired) electrons. The lowest BCUT2D eigenvalue weighted by Crippen LogP contribution is -2.46. The second-order valence-corrected chi connectivity index (χ2v) is 14.2. The van der Waals surface area contributed by atoms with Crippen LogP contribution in [0.1, 0.15) is 45.7 Å². The minimum absolute atomic E-state index is 0.00167. The molecule has 3 aromatic carbocycles. The molecule has 230 valence electrons. The third-order valence-corrected chi connectivity index (χ3v) is 8.96. The first kappa shape index (κ1) is 33.6. The minimum atomic E-state index is -4.13. The number of hydrogen-bond donors (Lipinski definition) is 3. The van der Waals surface area contributed by atoms with Crippen molar-refractivity contribution in [2.24, 2.45) is 5.92 Å². The molecule has 3 aromatic rings. The van der Waals surface area contributed by atoms with Crippen molar-refractivity contribution >= 4 is 25.3 Å². The summed E-state index contributed by atoms with van der Waals surface area (Å²) in [6, 6.07) is 25.5. The summed E-state index contributed by atoms with van der Waals surface area (Å²) in [6.07, 6.45) is -1.14. The van der Waals surface area contributed by atoms with Crippen LogP contribution in [0.2, 0.25) is 0 Å². The summed E-state index contributed by atoms with van der Waals surface area (Å²) in [6.45, 7) is 8.08. The van der Waals surface area contributed by atoms with Crippen LogP contribution >= 0.6 is 7.37 Å². The van der Waals surface area contributed by atoms with Crippen LogP contribution in [0.3, 0.4) is 0 Å². The number of esters is 1. The molecule has 0 spiro atoms. The zero-order valence-electron chi connectivity index (χ0n) is 25.3. The van der Waals surface area contributed by atoms with Gasteiger partial charge in [-0.15, -0.1) is 0 Å². The molecule has 0 saturated heterocycles. The molecule has 0 heterocycles. The van der Waals surface area contributed by atoms with E-state index in [2.05, 4.69) is 10.6 Å². The Hall–Kier alpha value is -3.94. The Morgan fingerprint density at radius 2 is 1.37 bits per heavy atom. The summed E-state index contributed by atoms with van der Waals surface area (Å²) in [5, 5.41) is 5.07. The van der Waals surface area contributed by atoms with Crippen LogP contribution in [0.5, 0.6) is 0 Å². The largest absolute Gasteiger partial charge is 0.458 e. The Morgan fingerprint density at radius 1 is 0.814 bits per heavy atom. The molecule has 1 unspecified atom stereocenters. The molecule has 9 nitrogen and oxygen atoms in total. The van der Waals surface area contributed by atoms with Crippen molar-refractivity contribution in [3.63, 3.8) is 0 Å². The predicted octanol–water partition coefficient (Wildman–Crippen LogP) is 5.90. The van der Waals surface area contributed by atoms with Gasteiger partial charge < -0.3 is 25.0 Å². The average molecular weight is 609 g/mol. The maximum absolute atomic E-state index is 13.5. The van der Waals surface area contributed by atoms with Gasteiger partial charge in [0.15, 0.2) is 0 Å². The third-order valence-electron chi connectivity index (χ3n) is 6.66. The smallest absolute Gasteiger partial charge is 0.408 e. The van der Waals surface area contributed by atoms with E-state index in [-0.39, 0.29) is 13.0 Å². The fraction of sp³-hybridized carbons (Fsp3) is 0.364. The highest BCUT2D eigenvalue weighted by molar-refractivity contribution is 7.58. The summed E-state index contributed by atoms with van der Waals surface area (Å²) in [5.74, 6) is -3.35. The van der Waals surface area contributed by atoms with Gasteiger partial charge in [-0.3, -0.25) is 9.36 Å². The van der Waals surface area contributed by atoms with E-state index in [1.165, 1.54) is 13.8 Å². The first-order valence-corrected chi connectivity index (χ1v) is 16.1. The Bertz CT molecular complexity index is 1410. The van der Waals surface area contributed by atoms with Gasteiger partial charge in [0.2, 0.25) is 13.3 Å². The molecule has 0 saturated carbocycles. The summed E-state index contributed by atoms with van der Waals surface area (Å²) in [4.78, 5) is 49.3. The van der Waals surface area contributed by atoms with Crippen molar-refractivity contribution in [3.05, 3.63) is 96.1 Å². The standard InChI is InChI=1S/C33H41N2O7P/c1-23(31(37)42-33(3,4)5)34-30(36)29(20-25-16-18-28(19-17-25)27-14-10-7-11-15-27)22-43(39,40)24(2)35-32(38)41-21-26-12-8-6-9-13-26/h6-19,23-24,29H,20-22H2,1-5H3,(H,34,36)(H,35,38)(H,39,40)/t23-,24+,29+/m0/s1. The van der Waals surface area contributed by atoms with Crippen molar-refractivity contribution in [2.75, 3.05) is 6.16 Å². The van der Waals surface area contributed by atoms with Crippen LogP contribution in [0.25, 0.3) is 11.1 Å². The van der Waals surface area contributed by atoms with E-state index < -0.39 is 54.8 Å². The van der Waals surface area contributed by atoms with Crippen LogP contribution in [0.4, 0.5) is 4.79 Å². The molecule has 0 aliphatic heterocycles. The lowest BCUT2D eigenvalue weighted by molar-refractivity contribution is -0.158. The van der Waals surface area contributed by atoms with E-state index in [4.69, 9.17) is 9.47 Å². The molecule has 3 N–H and O–H groups in total. The second-order valence-electron chi connectivity index (χ2n) is 11.5. The molecule has 0 fully saturated rings. The first-order valence-electron chi connectivity index (χ1n) is 14.2. The van der Waals surface area contributed by atoms with Gasteiger partial charge in [0.05, 0.1) is 5.92 Å². The Morgan fingerprint density at radius 3 is 1.95 bits per heavy atom. The Kier molecular flexibility index (Phi) is 11.7. The lowest BCUT2D eigenvalue weighted by Gasteiger charge is -2.27. The first-order chi connectivity index (χ1) is 20.2. The fourth-order valence-corrected chi connectivity index (χ4v) is 5.83. The molecule has 0 bridgehead atoms. The zero-order valence-corrected chi connectivity index (χ0v) is 26.2. The zero-order chi connectivity index (χ0) is 31.6. The molecule has 3 rings (SSSR count). The van der Waals surface area contributed by atoms with E-state index >= 15 is 0 Å². The van der Waals surface area contributed by atoms with Gasteiger partial charge in [-0.05, 0) is 63.3 Å². The van der Waals surface area contributed by atoms with E-state index in [9.17, 15) is 23.8 Å². The van der Waals surface area contributed by atoms with Crippen molar-refractivity contribution in [1.82, 2.24) is 10.6 Å². The maximum Gasteiger partial charge on any atom is 0.408 e. The number of alkyl carbamates (subject to hydrolysis) is 1. The van der Waals surface area contributed by atoms with Gasteiger partial charge in [-0.2, -0.15) is 0 Å². The molecular weight excluding hydrogens is 567 g/mol. The lowest BCUT2D eigenvalue weighted by atomic mass is 9.97.